The molecule has 2 nitrogen and oxygen atoms in total. The number of hydrogen-bond acceptors (Lipinski definition) is 2. The molecule has 0 unspecified atom stereocenters. The van der Waals surface area contributed by atoms with Gasteiger partial charge in [-0.1, -0.05) is 0 Å². The highest BCUT2D eigenvalue weighted by Gasteiger charge is 2.08. The molecule has 94 valence electrons. The van der Waals surface area contributed by atoms with Crippen LogP contribution in [0.4, 0.5) is 0 Å². The second-order valence-electron chi connectivity index (χ2n) is 3.84. The Morgan fingerprint density at radius 2 is 1.39 bits per heavy atom. The topological polar surface area (TPSA) is 18.5 Å². The zero-order chi connectivity index (χ0) is 13.1. The summed E-state index contributed by atoms with van der Waals surface area (Å²) < 4.78 is 13.3. The quantitative estimate of drug-likeness (QED) is 0.593. The van der Waals surface area contributed by atoms with Crippen LogP contribution in [0.1, 0.15) is 5.56 Å². The average Bonchev–Trinajstić information content (AvgIpc) is 2.34. The molecule has 2 rings (SSSR count). The number of methoxy groups -OCH3 is 1. The van der Waals surface area contributed by atoms with Crippen LogP contribution in [0.3, 0.4) is 0 Å². The first kappa shape index (κ1) is 13.9. The summed E-state index contributed by atoms with van der Waals surface area (Å²) >= 11 is 4.60. The van der Waals surface area contributed by atoms with E-state index in [4.69, 9.17) is 9.47 Å². The van der Waals surface area contributed by atoms with E-state index in [1.807, 2.05) is 24.3 Å². The fourth-order valence-electron chi connectivity index (χ4n) is 1.55. The molecule has 0 fully saturated rings. The number of aryl methyl sites for hydroxylation is 1. The van der Waals surface area contributed by atoms with Crippen molar-refractivity contribution in [3.05, 3.63) is 49.1 Å². The van der Waals surface area contributed by atoms with Gasteiger partial charge in [-0.15, -0.1) is 0 Å². The zero-order valence-corrected chi connectivity index (χ0v) is 14.4. The summed E-state index contributed by atoms with van der Waals surface area (Å²) in [4.78, 5) is 0. The molecule has 0 atom stereocenters. The van der Waals surface area contributed by atoms with Crippen molar-refractivity contribution in [1.82, 2.24) is 0 Å². The minimum Gasteiger partial charge on any atom is -0.497 e. The fraction of sp³-hybridized carbons (Fsp3) is 0.143. The van der Waals surface area contributed by atoms with E-state index in [9.17, 15) is 0 Å². The summed E-state index contributed by atoms with van der Waals surface area (Å²) in [6, 6.07) is 11.8. The van der Waals surface area contributed by atoms with Crippen LogP contribution in [0.5, 0.6) is 17.2 Å². The third-order valence-corrected chi connectivity index (χ3v) is 4.02. The lowest BCUT2D eigenvalue weighted by molar-refractivity contribution is 0.412. The summed E-state index contributed by atoms with van der Waals surface area (Å²) in [5.41, 5.74) is 1.24. The highest BCUT2D eigenvalue weighted by atomic mass is 127. The van der Waals surface area contributed by atoms with Crippen molar-refractivity contribution < 1.29 is 9.47 Å². The van der Waals surface area contributed by atoms with Crippen LogP contribution >= 0.6 is 45.2 Å². The van der Waals surface area contributed by atoms with Crippen molar-refractivity contribution in [2.75, 3.05) is 7.11 Å². The Hall–Kier alpha value is -0.500. The number of halogens is 2. The molecule has 0 aliphatic rings. The van der Waals surface area contributed by atoms with Crippen molar-refractivity contribution in [3.63, 3.8) is 0 Å². The van der Waals surface area contributed by atoms with Crippen molar-refractivity contribution in [2.45, 2.75) is 6.92 Å². The molecular formula is C14H12I2O2. The first-order valence-electron chi connectivity index (χ1n) is 5.37. The van der Waals surface area contributed by atoms with Crippen LogP contribution in [0.2, 0.25) is 0 Å². The van der Waals surface area contributed by atoms with Gasteiger partial charge in [0, 0.05) is 0 Å². The molecule has 2 aromatic rings. The normalized spacial score (nSPS) is 10.2. The van der Waals surface area contributed by atoms with E-state index in [1.54, 1.807) is 7.11 Å². The van der Waals surface area contributed by atoms with E-state index in [0.717, 1.165) is 24.4 Å². The van der Waals surface area contributed by atoms with Crippen LogP contribution in [0.15, 0.2) is 36.4 Å². The molecule has 2 aromatic carbocycles. The summed E-state index contributed by atoms with van der Waals surface area (Å²) in [7, 11) is 1.65. The Balaban J connectivity index is 2.28. The second kappa shape index (κ2) is 6.10. The highest BCUT2D eigenvalue weighted by molar-refractivity contribution is 14.1. The molecule has 0 saturated heterocycles. The summed E-state index contributed by atoms with van der Waals surface area (Å²) in [6.07, 6.45) is 0. The molecular weight excluding hydrogens is 454 g/mol. The van der Waals surface area contributed by atoms with Crippen molar-refractivity contribution >= 4 is 45.2 Å². The van der Waals surface area contributed by atoms with Gasteiger partial charge >= 0.3 is 0 Å². The highest BCUT2D eigenvalue weighted by Crippen LogP contribution is 2.33. The molecule has 0 amide bonds. The van der Waals surface area contributed by atoms with Gasteiger partial charge in [0.25, 0.3) is 0 Å². The van der Waals surface area contributed by atoms with Crippen molar-refractivity contribution in [1.29, 1.82) is 0 Å². The summed E-state index contributed by atoms with van der Waals surface area (Å²) in [5, 5.41) is 0. The van der Waals surface area contributed by atoms with Gasteiger partial charge in [0.2, 0.25) is 0 Å². The van der Waals surface area contributed by atoms with Gasteiger partial charge < -0.3 is 9.47 Å². The van der Waals surface area contributed by atoms with E-state index in [1.165, 1.54) is 5.56 Å². The molecule has 0 saturated carbocycles. The summed E-state index contributed by atoms with van der Waals surface area (Å²) in [5.74, 6) is 2.55. The third kappa shape index (κ3) is 3.28. The van der Waals surface area contributed by atoms with Gasteiger partial charge in [-0.25, -0.2) is 0 Å². The standard InChI is InChI=1S/C14H12I2O2/c1-9-7-12(15)14(13(16)8-9)18-11-5-3-10(17-2)4-6-11/h3-8H,1-2H3. The number of ether oxygens (including phenoxy) is 2. The zero-order valence-electron chi connectivity index (χ0n) is 10.0. The smallest absolute Gasteiger partial charge is 0.154 e. The monoisotopic (exact) mass is 466 g/mol. The first-order valence-corrected chi connectivity index (χ1v) is 7.53. The molecule has 0 aromatic heterocycles. The molecule has 0 heterocycles. The fourth-order valence-corrected chi connectivity index (χ4v) is 3.85. The molecule has 4 heteroatoms. The molecule has 0 aliphatic carbocycles. The largest absolute Gasteiger partial charge is 0.497 e. The average molecular weight is 466 g/mol. The molecule has 0 N–H and O–H groups in total. The van der Waals surface area contributed by atoms with Crippen LogP contribution in [0.25, 0.3) is 0 Å². The lowest BCUT2D eigenvalue weighted by Crippen LogP contribution is -1.92. The minimum absolute atomic E-state index is 0.815. The maximum absolute atomic E-state index is 5.92. The van der Waals surface area contributed by atoms with Crippen LogP contribution in [0, 0.1) is 14.1 Å². The van der Waals surface area contributed by atoms with Gasteiger partial charge in [0.1, 0.15) is 11.5 Å². The Morgan fingerprint density at radius 1 is 0.889 bits per heavy atom. The van der Waals surface area contributed by atoms with Gasteiger partial charge in [-0.05, 0) is 94.1 Å². The molecule has 18 heavy (non-hydrogen) atoms. The van der Waals surface area contributed by atoms with Crippen molar-refractivity contribution in [3.8, 4) is 17.2 Å². The van der Waals surface area contributed by atoms with Crippen LogP contribution in [-0.4, -0.2) is 7.11 Å². The molecule has 0 aliphatic heterocycles. The third-order valence-electron chi connectivity index (χ3n) is 2.42. The lowest BCUT2D eigenvalue weighted by Gasteiger charge is -2.11. The van der Waals surface area contributed by atoms with Crippen LogP contribution < -0.4 is 9.47 Å². The molecule has 0 radical (unpaired) electrons. The van der Waals surface area contributed by atoms with E-state index in [2.05, 4.69) is 64.2 Å². The Bertz CT molecular complexity index is 527. The van der Waals surface area contributed by atoms with E-state index in [-0.39, 0.29) is 0 Å². The number of hydrogen-bond donors (Lipinski definition) is 0. The van der Waals surface area contributed by atoms with E-state index >= 15 is 0 Å². The Labute approximate surface area is 134 Å². The van der Waals surface area contributed by atoms with Crippen LogP contribution in [-0.2, 0) is 0 Å². The van der Waals surface area contributed by atoms with E-state index < -0.39 is 0 Å². The van der Waals surface area contributed by atoms with Gasteiger partial charge in [0.15, 0.2) is 5.75 Å². The predicted octanol–water partition coefficient (Wildman–Crippen LogP) is 5.01. The number of benzene rings is 2. The number of rotatable bonds is 3. The van der Waals surface area contributed by atoms with Gasteiger partial charge in [0.05, 0.1) is 14.3 Å². The first-order chi connectivity index (χ1) is 8.60. The Morgan fingerprint density at radius 3 is 1.89 bits per heavy atom. The van der Waals surface area contributed by atoms with Gasteiger partial charge in [-0.3, -0.25) is 0 Å². The minimum atomic E-state index is 0.815. The second-order valence-corrected chi connectivity index (χ2v) is 6.16. The molecule has 0 spiro atoms. The van der Waals surface area contributed by atoms with E-state index in [0.29, 0.717) is 0 Å². The van der Waals surface area contributed by atoms with Gasteiger partial charge in [-0.2, -0.15) is 0 Å². The SMILES string of the molecule is COc1ccc(Oc2c(I)cc(C)cc2I)cc1. The molecule has 0 bridgehead atoms. The summed E-state index contributed by atoms with van der Waals surface area (Å²) in [6.45, 7) is 2.08. The lowest BCUT2D eigenvalue weighted by atomic mass is 10.2. The maximum Gasteiger partial charge on any atom is 0.154 e. The van der Waals surface area contributed by atoms with Crippen molar-refractivity contribution in [2.24, 2.45) is 0 Å². The Kier molecular flexibility index (Phi) is 4.71. The predicted molar refractivity (Wildman–Crippen MR) is 89.7 cm³/mol. The maximum atomic E-state index is 5.92.